The van der Waals surface area contributed by atoms with Crippen LogP contribution in [0.25, 0.3) is 10.4 Å². The van der Waals surface area contributed by atoms with Gasteiger partial charge in [-0.1, -0.05) is 24.3 Å². The van der Waals surface area contributed by atoms with E-state index in [0.717, 1.165) is 30.6 Å². The molecule has 1 atom stereocenters. The molecule has 4 nitrogen and oxygen atoms in total. The fraction of sp³-hybridized carbons (Fsp3) is 0.429. The normalized spacial score (nSPS) is 18.8. The van der Waals surface area contributed by atoms with E-state index in [1.165, 1.54) is 21.6 Å². The van der Waals surface area contributed by atoms with Crippen LogP contribution in [0.5, 0.6) is 0 Å². The summed E-state index contributed by atoms with van der Waals surface area (Å²) >= 11 is 1.59. The first-order valence-corrected chi connectivity index (χ1v) is 10.2. The van der Waals surface area contributed by atoms with Crippen LogP contribution in [0.3, 0.4) is 0 Å². The van der Waals surface area contributed by atoms with Crippen molar-refractivity contribution in [3.63, 3.8) is 0 Å². The number of aryl methyl sites for hydroxylation is 2. The fourth-order valence-corrected chi connectivity index (χ4v) is 5.19. The number of esters is 1. The maximum atomic E-state index is 13.0. The van der Waals surface area contributed by atoms with Crippen molar-refractivity contribution in [2.24, 2.45) is 5.92 Å². The number of hydrogen-bond donors (Lipinski definition) is 0. The quantitative estimate of drug-likeness (QED) is 0.770. The Kier molecular flexibility index (Phi) is 4.81. The van der Waals surface area contributed by atoms with Crippen LogP contribution in [0, 0.1) is 5.92 Å². The third kappa shape index (κ3) is 3.16. The number of likely N-dealkylation sites (tertiary alicyclic amines) is 1. The number of benzene rings is 1. The number of piperidine rings is 1. The first-order valence-electron chi connectivity index (χ1n) is 9.34. The van der Waals surface area contributed by atoms with Crippen LogP contribution < -0.4 is 0 Å². The van der Waals surface area contributed by atoms with Gasteiger partial charge in [0.25, 0.3) is 5.91 Å². The highest BCUT2D eigenvalue weighted by molar-refractivity contribution is 7.17. The van der Waals surface area contributed by atoms with Crippen LogP contribution in [0.2, 0.25) is 0 Å². The molecule has 5 heteroatoms. The molecule has 0 saturated carbocycles. The van der Waals surface area contributed by atoms with Gasteiger partial charge in [0, 0.05) is 18.0 Å². The van der Waals surface area contributed by atoms with Gasteiger partial charge in [-0.05, 0) is 55.4 Å². The lowest BCUT2D eigenvalue weighted by atomic mass is 9.91. The van der Waals surface area contributed by atoms with Crippen molar-refractivity contribution < 1.29 is 14.3 Å². The smallest absolute Gasteiger partial charge is 0.310 e. The first-order chi connectivity index (χ1) is 12.7. The number of amides is 1. The van der Waals surface area contributed by atoms with Crippen molar-refractivity contribution in [2.45, 2.75) is 32.6 Å². The van der Waals surface area contributed by atoms with E-state index < -0.39 is 0 Å². The Morgan fingerprint density at radius 2 is 2.04 bits per heavy atom. The molecular weight excluding hydrogens is 346 g/mol. The van der Waals surface area contributed by atoms with Crippen molar-refractivity contribution >= 4 is 23.2 Å². The molecule has 0 spiro atoms. The van der Waals surface area contributed by atoms with Gasteiger partial charge >= 0.3 is 5.97 Å². The van der Waals surface area contributed by atoms with Crippen molar-refractivity contribution in [1.29, 1.82) is 0 Å². The van der Waals surface area contributed by atoms with E-state index in [1.54, 1.807) is 11.3 Å². The third-order valence-corrected chi connectivity index (χ3v) is 6.47. The lowest BCUT2D eigenvalue weighted by Crippen LogP contribution is -2.42. The number of hydrogen-bond acceptors (Lipinski definition) is 4. The summed E-state index contributed by atoms with van der Waals surface area (Å²) in [7, 11) is 0. The van der Waals surface area contributed by atoms with Gasteiger partial charge in [0.2, 0.25) is 0 Å². The van der Waals surface area contributed by atoms with Crippen LogP contribution in [-0.2, 0) is 22.4 Å². The Labute approximate surface area is 157 Å². The molecule has 0 radical (unpaired) electrons. The summed E-state index contributed by atoms with van der Waals surface area (Å²) in [5.41, 5.74) is 3.90. The van der Waals surface area contributed by atoms with Gasteiger partial charge in [-0.3, -0.25) is 9.59 Å². The Balaban J connectivity index is 1.55. The van der Waals surface area contributed by atoms with Crippen molar-refractivity contribution in [3.8, 4) is 10.4 Å². The average molecular weight is 369 g/mol. The third-order valence-electron chi connectivity index (χ3n) is 5.27. The van der Waals surface area contributed by atoms with E-state index in [1.807, 2.05) is 11.8 Å². The molecule has 136 valence electrons. The summed E-state index contributed by atoms with van der Waals surface area (Å²) in [6.45, 7) is 3.39. The lowest BCUT2D eigenvalue weighted by Gasteiger charge is -2.31. The van der Waals surface area contributed by atoms with E-state index in [9.17, 15) is 9.59 Å². The maximum Gasteiger partial charge on any atom is 0.310 e. The molecule has 2 heterocycles. The molecule has 4 rings (SSSR count). The number of carbonyl (C=O) groups is 2. The highest BCUT2D eigenvalue weighted by atomic mass is 32.1. The SMILES string of the molecule is CCOC(=O)[C@@H]1CCCN(C(=O)c2cc3c(s2)-c2ccccc2CC3)C1. The number of carbonyl (C=O) groups excluding carboxylic acids is 2. The monoisotopic (exact) mass is 369 g/mol. The van der Waals surface area contributed by atoms with E-state index in [-0.39, 0.29) is 17.8 Å². The topological polar surface area (TPSA) is 46.6 Å². The number of nitrogens with zero attached hydrogens (tertiary/aromatic N) is 1. The van der Waals surface area contributed by atoms with Crippen molar-refractivity contribution in [2.75, 3.05) is 19.7 Å². The van der Waals surface area contributed by atoms with Gasteiger partial charge in [-0.15, -0.1) is 11.3 Å². The summed E-state index contributed by atoms with van der Waals surface area (Å²) in [4.78, 5) is 28.9. The summed E-state index contributed by atoms with van der Waals surface area (Å²) in [5.74, 6) is -0.316. The van der Waals surface area contributed by atoms with E-state index in [2.05, 4.69) is 30.3 Å². The van der Waals surface area contributed by atoms with Gasteiger partial charge < -0.3 is 9.64 Å². The van der Waals surface area contributed by atoms with Gasteiger partial charge in [0.05, 0.1) is 17.4 Å². The minimum absolute atomic E-state index is 0.0517. The van der Waals surface area contributed by atoms with Crippen LogP contribution in [0.4, 0.5) is 0 Å². The Morgan fingerprint density at radius 3 is 2.88 bits per heavy atom. The van der Waals surface area contributed by atoms with Gasteiger partial charge in [0.1, 0.15) is 0 Å². The first kappa shape index (κ1) is 17.3. The Morgan fingerprint density at radius 1 is 1.23 bits per heavy atom. The van der Waals surface area contributed by atoms with Crippen LogP contribution in [0.1, 0.15) is 40.6 Å². The molecule has 2 aliphatic rings. The molecular formula is C21H23NO3S. The summed E-state index contributed by atoms with van der Waals surface area (Å²) in [5, 5.41) is 0. The zero-order chi connectivity index (χ0) is 18.1. The molecule has 1 aromatic heterocycles. The zero-order valence-electron chi connectivity index (χ0n) is 15.0. The summed E-state index contributed by atoms with van der Waals surface area (Å²) in [6, 6.07) is 10.5. The molecule has 0 unspecified atom stereocenters. The van der Waals surface area contributed by atoms with Gasteiger partial charge in [0.15, 0.2) is 0 Å². The number of thiophene rings is 1. The van der Waals surface area contributed by atoms with Gasteiger partial charge in [-0.2, -0.15) is 0 Å². The second-order valence-electron chi connectivity index (χ2n) is 6.96. The van der Waals surface area contributed by atoms with Crippen molar-refractivity contribution in [3.05, 3.63) is 46.3 Å². The van der Waals surface area contributed by atoms with E-state index in [0.29, 0.717) is 19.7 Å². The lowest BCUT2D eigenvalue weighted by molar-refractivity contribution is -0.149. The van der Waals surface area contributed by atoms with E-state index in [4.69, 9.17) is 4.74 Å². The average Bonchev–Trinajstić information content (AvgIpc) is 3.12. The molecule has 1 saturated heterocycles. The summed E-state index contributed by atoms with van der Waals surface area (Å²) in [6.07, 6.45) is 3.67. The summed E-state index contributed by atoms with van der Waals surface area (Å²) < 4.78 is 5.15. The second-order valence-corrected chi connectivity index (χ2v) is 8.02. The molecule has 0 N–H and O–H groups in total. The molecule has 1 aliphatic heterocycles. The van der Waals surface area contributed by atoms with Crippen LogP contribution >= 0.6 is 11.3 Å². The number of rotatable bonds is 3. The zero-order valence-corrected chi connectivity index (χ0v) is 15.8. The standard InChI is InChI=1S/C21H23NO3S/c1-2-25-21(24)16-7-5-11-22(13-16)20(23)18-12-15-10-9-14-6-3-4-8-17(14)19(15)26-18/h3-4,6,8,12,16H,2,5,7,9-11,13H2,1H3/t16-/m1/s1. The predicted molar refractivity (Wildman–Crippen MR) is 102 cm³/mol. The molecule has 26 heavy (non-hydrogen) atoms. The minimum Gasteiger partial charge on any atom is -0.466 e. The molecule has 1 amide bonds. The number of fused-ring (bicyclic) bond motifs is 3. The molecule has 0 bridgehead atoms. The van der Waals surface area contributed by atoms with Crippen LogP contribution in [-0.4, -0.2) is 36.5 Å². The Bertz CT molecular complexity index is 842. The van der Waals surface area contributed by atoms with Crippen molar-refractivity contribution in [1.82, 2.24) is 4.90 Å². The largest absolute Gasteiger partial charge is 0.466 e. The molecule has 1 aliphatic carbocycles. The van der Waals surface area contributed by atoms with Gasteiger partial charge in [-0.25, -0.2) is 0 Å². The number of ether oxygens (including phenoxy) is 1. The van der Waals surface area contributed by atoms with E-state index >= 15 is 0 Å². The molecule has 1 aromatic carbocycles. The fourth-order valence-electron chi connectivity index (χ4n) is 3.95. The highest BCUT2D eigenvalue weighted by Gasteiger charge is 2.31. The highest BCUT2D eigenvalue weighted by Crippen LogP contribution is 2.40. The molecule has 1 fully saturated rings. The predicted octanol–water partition coefficient (Wildman–Crippen LogP) is 3.93. The Hall–Kier alpha value is -2.14. The maximum absolute atomic E-state index is 13.0. The minimum atomic E-state index is -0.192. The molecule has 2 aromatic rings. The second kappa shape index (κ2) is 7.23. The van der Waals surface area contributed by atoms with Crippen LogP contribution in [0.15, 0.2) is 30.3 Å².